The van der Waals surface area contributed by atoms with Crippen molar-refractivity contribution in [3.05, 3.63) is 72.3 Å². The van der Waals surface area contributed by atoms with Gasteiger partial charge in [0.05, 0.1) is 19.3 Å². The summed E-state index contributed by atoms with van der Waals surface area (Å²) in [6.45, 7) is 6.54. The number of hydrogen-bond donors (Lipinski definition) is 1. The van der Waals surface area contributed by atoms with Gasteiger partial charge in [-0.2, -0.15) is 0 Å². The maximum Gasteiger partial charge on any atom is 0.123 e. The minimum Gasteiger partial charge on any atom is -0.389 e. The van der Waals surface area contributed by atoms with E-state index < -0.39 is 6.10 Å². The van der Waals surface area contributed by atoms with Gasteiger partial charge >= 0.3 is 0 Å². The molecule has 158 valence electrons. The normalized spacial score (nSPS) is 16.2. The van der Waals surface area contributed by atoms with Gasteiger partial charge in [0.15, 0.2) is 0 Å². The third-order valence-electron chi connectivity index (χ3n) is 5.64. The molecule has 0 amide bonds. The molecule has 0 spiro atoms. The molecule has 0 aliphatic heterocycles. The Labute approximate surface area is 173 Å². The lowest BCUT2D eigenvalue weighted by Gasteiger charge is -2.35. The van der Waals surface area contributed by atoms with E-state index in [9.17, 15) is 9.50 Å². The molecule has 1 saturated carbocycles. The largest absolute Gasteiger partial charge is 0.389 e. The van der Waals surface area contributed by atoms with E-state index in [0.29, 0.717) is 32.3 Å². The minimum atomic E-state index is -0.516. The van der Waals surface area contributed by atoms with Gasteiger partial charge in [0.2, 0.25) is 0 Å². The topological polar surface area (TPSA) is 37.6 Å². The lowest BCUT2D eigenvalue weighted by molar-refractivity contribution is 0.00891. The lowest BCUT2D eigenvalue weighted by Crippen LogP contribution is -2.42. The zero-order chi connectivity index (χ0) is 20.5. The van der Waals surface area contributed by atoms with E-state index in [-0.39, 0.29) is 5.82 Å². The van der Waals surface area contributed by atoms with E-state index in [1.165, 1.54) is 49.9 Å². The number of benzene rings is 1. The zero-order valence-corrected chi connectivity index (χ0v) is 17.2. The molecule has 1 unspecified atom stereocenters. The highest BCUT2D eigenvalue weighted by atomic mass is 19.1. The van der Waals surface area contributed by atoms with Gasteiger partial charge in [-0.25, -0.2) is 4.39 Å². The summed E-state index contributed by atoms with van der Waals surface area (Å²) in [5, 5.41) is 10.5. The average molecular weight is 401 g/mol. The molecule has 0 bridgehead atoms. The molecule has 1 aliphatic rings. The van der Waals surface area contributed by atoms with Gasteiger partial charge < -0.3 is 14.4 Å². The van der Waals surface area contributed by atoms with E-state index >= 15 is 0 Å². The Hall–Kier alpha value is -1.95. The number of hydrogen-bond acceptors (Lipinski definition) is 3. The number of nitrogens with zero attached hydrogens (tertiary/aromatic N) is 2. The molecule has 0 radical (unpaired) electrons. The second-order valence-electron chi connectivity index (χ2n) is 7.96. The summed E-state index contributed by atoms with van der Waals surface area (Å²) in [5.74, 6) is -0.211. The molecule has 1 N–H and O–H groups in total. The molecule has 0 saturated heterocycles. The van der Waals surface area contributed by atoms with E-state index in [4.69, 9.17) is 4.74 Å². The highest BCUT2D eigenvalue weighted by molar-refractivity contribution is 5.18. The Morgan fingerprint density at radius 3 is 2.69 bits per heavy atom. The van der Waals surface area contributed by atoms with E-state index in [2.05, 4.69) is 34.4 Å². The smallest absolute Gasteiger partial charge is 0.123 e. The summed E-state index contributed by atoms with van der Waals surface area (Å²) in [7, 11) is 0. The molecule has 5 heteroatoms. The van der Waals surface area contributed by atoms with E-state index in [1.54, 1.807) is 6.08 Å². The Morgan fingerprint density at radius 1 is 1.21 bits per heavy atom. The van der Waals surface area contributed by atoms with Crippen molar-refractivity contribution in [1.29, 1.82) is 0 Å². The van der Waals surface area contributed by atoms with Crippen LogP contribution in [-0.2, 0) is 17.8 Å². The van der Waals surface area contributed by atoms with Gasteiger partial charge in [-0.15, -0.1) is 6.58 Å². The van der Waals surface area contributed by atoms with Gasteiger partial charge in [0.25, 0.3) is 0 Å². The summed E-state index contributed by atoms with van der Waals surface area (Å²) < 4.78 is 20.9. The monoisotopic (exact) mass is 400 g/mol. The Morgan fingerprint density at radius 2 is 1.97 bits per heavy atom. The molecule has 1 fully saturated rings. The van der Waals surface area contributed by atoms with Crippen molar-refractivity contribution >= 4 is 0 Å². The third-order valence-corrected chi connectivity index (χ3v) is 5.64. The van der Waals surface area contributed by atoms with Crippen LogP contribution in [0.15, 0.2) is 55.3 Å². The average Bonchev–Trinajstić information content (AvgIpc) is 3.16. The molecule has 1 atom stereocenters. The number of ether oxygens (including phenoxy) is 1. The number of aliphatic hydroxyl groups excluding tert-OH is 1. The Kier molecular flexibility index (Phi) is 8.47. The summed E-state index contributed by atoms with van der Waals surface area (Å²) in [6, 6.07) is 11.4. The van der Waals surface area contributed by atoms with Gasteiger partial charge in [-0.3, -0.25) is 4.90 Å². The highest BCUT2D eigenvalue weighted by Crippen LogP contribution is 2.25. The second kappa shape index (κ2) is 11.3. The van der Waals surface area contributed by atoms with Crippen LogP contribution >= 0.6 is 0 Å². The first kappa shape index (κ1) is 21.8. The Bertz CT molecular complexity index is 738. The van der Waals surface area contributed by atoms with Crippen LogP contribution in [0.2, 0.25) is 0 Å². The van der Waals surface area contributed by atoms with Crippen molar-refractivity contribution in [2.75, 3.05) is 19.8 Å². The van der Waals surface area contributed by atoms with Crippen molar-refractivity contribution in [3.63, 3.8) is 0 Å². The Balaban J connectivity index is 1.67. The van der Waals surface area contributed by atoms with Crippen LogP contribution in [0.3, 0.4) is 0 Å². The molecular formula is C24H33FN2O2. The maximum absolute atomic E-state index is 13.2. The summed E-state index contributed by atoms with van der Waals surface area (Å²) >= 11 is 0. The molecule has 2 aromatic rings. The number of halogens is 1. The van der Waals surface area contributed by atoms with E-state index in [0.717, 1.165) is 12.1 Å². The maximum atomic E-state index is 13.2. The van der Waals surface area contributed by atoms with E-state index in [1.807, 2.05) is 12.1 Å². The fourth-order valence-electron chi connectivity index (χ4n) is 4.14. The fraction of sp³-hybridized carbons (Fsp3) is 0.500. The van der Waals surface area contributed by atoms with Crippen molar-refractivity contribution in [2.45, 2.75) is 57.3 Å². The standard InChI is InChI=1S/C24H33FN2O2/c1-2-15-29-19-24(28)18-27(22-7-4-3-5-8-22)17-23-9-6-14-26(23)16-20-10-12-21(25)13-11-20/h2,6,9-14,22,24,28H,1,3-5,7-8,15-19H2. The van der Waals surface area contributed by atoms with Crippen LogP contribution in [0.1, 0.15) is 43.4 Å². The number of aromatic nitrogens is 1. The quantitative estimate of drug-likeness (QED) is 0.449. The molecule has 1 aromatic carbocycles. The molecule has 4 nitrogen and oxygen atoms in total. The van der Waals surface area contributed by atoms with Gasteiger partial charge in [0.1, 0.15) is 5.82 Å². The zero-order valence-electron chi connectivity index (χ0n) is 17.2. The van der Waals surface area contributed by atoms with Crippen molar-refractivity contribution in [1.82, 2.24) is 9.47 Å². The van der Waals surface area contributed by atoms with Crippen LogP contribution in [0.4, 0.5) is 4.39 Å². The molecule has 1 heterocycles. The van der Waals surface area contributed by atoms with Gasteiger partial charge in [-0.1, -0.05) is 37.5 Å². The number of aliphatic hydroxyl groups is 1. The first-order chi connectivity index (χ1) is 14.2. The van der Waals surface area contributed by atoms with Crippen molar-refractivity contribution < 1.29 is 14.2 Å². The van der Waals surface area contributed by atoms with Gasteiger partial charge in [0, 0.05) is 37.6 Å². The molecule has 1 aliphatic carbocycles. The highest BCUT2D eigenvalue weighted by Gasteiger charge is 2.24. The second-order valence-corrected chi connectivity index (χ2v) is 7.96. The molecule has 29 heavy (non-hydrogen) atoms. The van der Waals surface area contributed by atoms with Crippen molar-refractivity contribution in [2.24, 2.45) is 0 Å². The SMILES string of the molecule is C=CCOCC(O)CN(Cc1cccn1Cc1ccc(F)cc1)C1CCCCC1. The van der Waals surface area contributed by atoms with Crippen LogP contribution in [0.5, 0.6) is 0 Å². The molecular weight excluding hydrogens is 367 g/mol. The predicted octanol–water partition coefficient (Wildman–Crippen LogP) is 4.37. The van der Waals surface area contributed by atoms with Crippen LogP contribution in [-0.4, -0.2) is 46.5 Å². The number of rotatable bonds is 11. The summed E-state index contributed by atoms with van der Waals surface area (Å²) in [4.78, 5) is 2.41. The minimum absolute atomic E-state index is 0.211. The van der Waals surface area contributed by atoms with Crippen LogP contribution in [0, 0.1) is 5.82 Å². The summed E-state index contributed by atoms with van der Waals surface area (Å²) in [6.07, 6.45) is 9.42. The third kappa shape index (κ3) is 6.81. The fourth-order valence-corrected chi connectivity index (χ4v) is 4.14. The van der Waals surface area contributed by atoms with Gasteiger partial charge in [-0.05, 0) is 42.7 Å². The van der Waals surface area contributed by atoms with Crippen molar-refractivity contribution in [3.8, 4) is 0 Å². The molecule has 3 rings (SSSR count). The first-order valence-corrected chi connectivity index (χ1v) is 10.6. The summed E-state index contributed by atoms with van der Waals surface area (Å²) in [5.41, 5.74) is 2.28. The van der Waals surface area contributed by atoms with Crippen LogP contribution < -0.4 is 0 Å². The first-order valence-electron chi connectivity index (χ1n) is 10.6. The predicted molar refractivity (Wildman–Crippen MR) is 114 cm³/mol. The lowest BCUT2D eigenvalue weighted by atomic mass is 9.94. The molecule has 1 aromatic heterocycles. The van der Waals surface area contributed by atoms with Crippen LogP contribution in [0.25, 0.3) is 0 Å².